The summed E-state index contributed by atoms with van der Waals surface area (Å²) in [5, 5.41) is 10.8. The van der Waals surface area contributed by atoms with E-state index in [1.807, 2.05) is 24.3 Å². The fraction of sp³-hybridized carbons (Fsp3) is 0.484. The number of aryl methyl sites for hydroxylation is 1. The first-order valence-electron chi connectivity index (χ1n) is 14.5. The lowest BCUT2D eigenvalue weighted by Gasteiger charge is -2.51. The molecule has 0 radical (unpaired) electrons. The van der Waals surface area contributed by atoms with Crippen molar-refractivity contribution in [2.75, 3.05) is 32.1 Å². The summed E-state index contributed by atoms with van der Waals surface area (Å²) < 4.78 is 14.8. The Hall–Kier alpha value is -3.44. The Morgan fingerprint density at radius 2 is 1.95 bits per heavy atom. The number of piperidine rings is 2. The van der Waals surface area contributed by atoms with Crippen molar-refractivity contribution in [3.63, 3.8) is 0 Å². The van der Waals surface area contributed by atoms with E-state index in [2.05, 4.69) is 43.5 Å². The van der Waals surface area contributed by atoms with Crippen LogP contribution in [0, 0.1) is 12.3 Å². The normalized spacial score (nSPS) is 20.8. The van der Waals surface area contributed by atoms with Crippen LogP contribution >= 0.6 is 15.9 Å². The van der Waals surface area contributed by atoms with Gasteiger partial charge < -0.3 is 14.8 Å². The maximum Gasteiger partial charge on any atom is 0.238 e. The smallest absolute Gasteiger partial charge is 0.238 e. The van der Waals surface area contributed by atoms with E-state index in [9.17, 15) is 14.4 Å². The molecule has 1 saturated carbocycles. The maximum atomic E-state index is 13.1. The number of methoxy groups -OCH3 is 1. The summed E-state index contributed by atoms with van der Waals surface area (Å²) in [7, 11) is 3.34. The Balaban J connectivity index is 1.06. The van der Waals surface area contributed by atoms with Gasteiger partial charge in [0.2, 0.25) is 17.7 Å². The maximum absolute atomic E-state index is 13.1. The number of nitrogens with zero attached hydrogens (tertiary/aromatic N) is 3. The van der Waals surface area contributed by atoms with Crippen LogP contribution in [0.2, 0.25) is 0 Å². The fourth-order valence-corrected chi connectivity index (χ4v) is 7.10. The molecule has 2 saturated heterocycles. The molecule has 1 aliphatic carbocycles. The molecule has 3 heterocycles. The van der Waals surface area contributed by atoms with Crippen LogP contribution in [0.25, 0.3) is 10.9 Å². The third-order valence-electron chi connectivity index (χ3n) is 9.15. The zero-order chi connectivity index (χ0) is 29.6. The van der Waals surface area contributed by atoms with Gasteiger partial charge in [-0.15, -0.1) is 0 Å². The number of benzene rings is 2. The van der Waals surface area contributed by atoms with Crippen molar-refractivity contribution < 1.29 is 23.9 Å². The van der Waals surface area contributed by atoms with Crippen LogP contribution in [-0.2, 0) is 21.4 Å². The minimum absolute atomic E-state index is 0.101. The van der Waals surface area contributed by atoms with Crippen LogP contribution < -0.4 is 20.1 Å². The largest absolute Gasteiger partial charge is 0.492 e. The summed E-state index contributed by atoms with van der Waals surface area (Å²) in [6.07, 6.45) is 5.17. The van der Waals surface area contributed by atoms with Crippen molar-refractivity contribution in [1.29, 1.82) is 0 Å². The van der Waals surface area contributed by atoms with Crippen molar-refractivity contribution in [1.82, 2.24) is 20.0 Å². The molecule has 1 unspecified atom stereocenters. The molecular weight excluding hydrogens is 602 g/mol. The van der Waals surface area contributed by atoms with E-state index in [0.29, 0.717) is 41.0 Å². The third kappa shape index (κ3) is 5.40. The number of carbonyl (C=O) groups excluding carboxylic acids is 3. The molecule has 1 spiro atoms. The zero-order valence-electron chi connectivity index (χ0n) is 24.2. The third-order valence-corrected chi connectivity index (χ3v) is 10.0. The second kappa shape index (κ2) is 11.3. The van der Waals surface area contributed by atoms with E-state index in [1.54, 1.807) is 24.9 Å². The number of hydrogen-bond donors (Lipinski definition) is 2. The van der Waals surface area contributed by atoms with Gasteiger partial charge in [0.05, 0.1) is 37.1 Å². The Labute approximate surface area is 253 Å². The Morgan fingerprint density at radius 1 is 1.19 bits per heavy atom. The standard InChI is InChI=1S/C31H36BrN5O5/c1-18-22(32)5-4-6-24(18)42-19-15-31(16-19)11-13-37(14-12-31)17-26(39)33-23-9-7-20-27(21-8-10-25(38)34-30(21)40)35-36(2)28(20)29(23)41-3/h4-7,9,19,21H,8,10-17H2,1-3H3,(H,33,39)(H,34,38,40). The van der Waals surface area contributed by atoms with Crippen LogP contribution in [0.5, 0.6) is 11.5 Å². The molecule has 3 aromatic rings. The van der Waals surface area contributed by atoms with Crippen LogP contribution in [0.1, 0.15) is 55.7 Å². The van der Waals surface area contributed by atoms with Crippen molar-refractivity contribution >= 4 is 50.2 Å². The average molecular weight is 639 g/mol. The molecular formula is C31H36BrN5O5. The lowest BCUT2D eigenvalue weighted by atomic mass is 9.61. The van der Waals surface area contributed by atoms with Gasteiger partial charge in [0.15, 0.2) is 5.75 Å². The molecule has 1 atom stereocenters. The van der Waals surface area contributed by atoms with Gasteiger partial charge in [0, 0.05) is 28.9 Å². The number of fused-ring (bicyclic) bond motifs is 1. The van der Waals surface area contributed by atoms with E-state index < -0.39 is 5.92 Å². The first-order chi connectivity index (χ1) is 20.2. The Morgan fingerprint density at radius 3 is 2.67 bits per heavy atom. The highest BCUT2D eigenvalue weighted by Crippen LogP contribution is 2.50. The highest BCUT2D eigenvalue weighted by atomic mass is 79.9. The van der Waals surface area contributed by atoms with Crippen LogP contribution in [0.4, 0.5) is 5.69 Å². The molecule has 2 aromatic carbocycles. The summed E-state index contributed by atoms with van der Waals surface area (Å²) in [6, 6.07) is 9.72. The number of carbonyl (C=O) groups is 3. The second-order valence-electron chi connectivity index (χ2n) is 11.9. The van der Waals surface area contributed by atoms with Gasteiger partial charge in [-0.3, -0.25) is 29.3 Å². The van der Waals surface area contributed by atoms with Gasteiger partial charge in [-0.2, -0.15) is 5.10 Å². The number of halogens is 1. The molecule has 0 bridgehead atoms. The number of aromatic nitrogens is 2. The quantitative estimate of drug-likeness (QED) is 0.368. The number of nitrogens with one attached hydrogen (secondary N) is 2. The van der Waals surface area contributed by atoms with E-state index in [1.165, 1.54) is 0 Å². The number of amides is 3. The average Bonchev–Trinajstić information content (AvgIpc) is 3.27. The number of imide groups is 1. The van der Waals surface area contributed by atoms with E-state index in [4.69, 9.17) is 9.47 Å². The second-order valence-corrected chi connectivity index (χ2v) is 12.7. The van der Waals surface area contributed by atoms with E-state index >= 15 is 0 Å². The Bertz CT molecular complexity index is 1550. The van der Waals surface area contributed by atoms with Crippen LogP contribution in [0.3, 0.4) is 0 Å². The van der Waals surface area contributed by atoms with Gasteiger partial charge in [-0.05, 0) is 81.8 Å². The van der Waals surface area contributed by atoms with Gasteiger partial charge in [0.25, 0.3) is 0 Å². The minimum atomic E-state index is -0.513. The van der Waals surface area contributed by atoms with E-state index in [0.717, 1.165) is 59.9 Å². The minimum Gasteiger partial charge on any atom is -0.492 e. The first-order valence-corrected chi connectivity index (χ1v) is 15.3. The molecule has 10 nitrogen and oxygen atoms in total. The summed E-state index contributed by atoms with van der Waals surface area (Å²) in [5.74, 6) is 0.228. The molecule has 42 heavy (non-hydrogen) atoms. The van der Waals surface area contributed by atoms with Gasteiger partial charge >= 0.3 is 0 Å². The predicted molar refractivity (Wildman–Crippen MR) is 162 cm³/mol. The molecule has 2 aliphatic heterocycles. The van der Waals surface area contributed by atoms with Crippen molar-refractivity contribution in [3.05, 3.63) is 46.1 Å². The number of ether oxygens (including phenoxy) is 2. The molecule has 222 valence electrons. The lowest BCUT2D eigenvalue weighted by Crippen LogP contribution is -2.51. The lowest BCUT2D eigenvalue weighted by molar-refractivity contribution is -0.134. The molecule has 2 N–H and O–H groups in total. The first kappa shape index (κ1) is 28.7. The van der Waals surface area contributed by atoms with Crippen molar-refractivity contribution in [2.45, 2.75) is 57.5 Å². The molecule has 3 amide bonds. The molecule has 3 fully saturated rings. The van der Waals surface area contributed by atoms with Gasteiger partial charge in [-0.1, -0.05) is 22.0 Å². The summed E-state index contributed by atoms with van der Waals surface area (Å²) in [5.41, 5.74) is 3.29. The predicted octanol–water partition coefficient (Wildman–Crippen LogP) is 4.44. The van der Waals surface area contributed by atoms with Crippen molar-refractivity contribution in [3.8, 4) is 11.5 Å². The number of anilines is 1. The zero-order valence-corrected chi connectivity index (χ0v) is 25.8. The fourth-order valence-electron chi connectivity index (χ4n) is 6.75. The highest BCUT2D eigenvalue weighted by molar-refractivity contribution is 9.10. The van der Waals surface area contributed by atoms with Gasteiger partial charge in [-0.25, -0.2) is 0 Å². The number of rotatable bonds is 7. The number of likely N-dealkylation sites (tertiary alicyclic amines) is 1. The Kier molecular flexibility index (Phi) is 7.74. The van der Waals surface area contributed by atoms with Crippen LogP contribution in [-0.4, -0.2) is 65.2 Å². The molecule has 11 heteroatoms. The van der Waals surface area contributed by atoms with Crippen LogP contribution in [0.15, 0.2) is 34.8 Å². The SMILES string of the molecule is COc1c(NC(=O)CN2CCC3(CC2)CC(Oc2cccc(Br)c2C)C3)ccc2c(C3CCC(=O)NC3=O)nn(C)c12. The topological polar surface area (TPSA) is 115 Å². The highest BCUT2D eigenvalue weighted by Gasteiger charge is 2.47. The summed E-state index contributed by atoms with van der Waals surface area (Å²) in [4.78, 5) is 39.5. The van der Waals surface area contributed by atoms with E-state index in [-0.39, 0.29) is 30.2 Å². The summed E-state index contributed by atoms with van der Waals surface area (Å²) >= 11 is 3.58. The number of hydrogen-bond acceptors (Lipinski definition) is 7. The van der Waals surface area contributed by atoms with Gasteiger partial charge in [0.1, 0.15) is 11.3 Å². The van der Waals surface area contributed by atoms with Crippen molar-refractivity contribution in [2.24, 2.45) is 12.5 Å². The molecule has 6 rings (SSSR count). The molecule has 1 aromatic heterocycles. The molecule has 3 aliphatic rings. The monoisotopic (exact) mass is 637 g/mol. The summed E-state index contributed by atoms with van der Waals surface area (Å²) in [6.45, 7) is 4.13.